The number of nitrogens with two attached hydrogens (primary N) is 1. The van der Waals surface area contributed by atoms with Gasteiger partial charge in [-0.3, -0.25) is 14.0 Å². The van der Waals surface area contributed by atoms with E-state index in [1.807, 2.05) is 29.5 Å². The first-order valence-corrected chi connectivity index (χ1v) is 13.0. The topological polar surface area (TPSA) is 144 Å². The Morgan fingerprint density at radius 2 is 1.82 bits per heavy atom. The fourth-order valence-electron chi connectivity index (χ4n) is 4.98. The molecule has 0 bridgehead atoms. The predicted octanol–water partition coefficient (Wildman–Crippen LogP) is 4.35. The van der Waals surface area contributed by atoms with Crippen molar-refractivity contribution in [1.82, 2.24) is 34.2 Å². The smallest absolute Gasteiger partial charge is 0.273 e. The van der Waals surface area contributed by atoms with E-state index in [9.17, 15) is 9.59 Å². The predicted molar refractivity (Wildman–Crippen MR) is 150 cm³/mol. The summed E-state index contributed by atoms with van der Waals surface area (Å²) in [6.07, 6.45) is 8.03. The fourth-order valence-corrected chi connectivity index (χ4v) is 5.12. The minimum absolute atomic E-state index is 0.0151. The van der Waals surface area contributed by atoms with Crippen molar-refractivity contribution in [1.29, 1.82) is 0 Å². The van der Waals surface area contributed by atoms with Crippen LogP contribution in [0.3, 0.4) is 0 Å². The van der Waals surface area contributed by atoms with E-state index in [4.69, 9.17) is 22.3 Å². The molecule has 3 N–H and O–H groups in total. The minimum Gasteiger partial charge on any atom is -0.382 e. The summed E-state index contributed by atoms with van der Waals surface area (Å²) in [5.74, 6) is 0.939. The number of carbonyl (C=O) groups excluding carboxylic acids is 2. The van der Waals surface area contributed by atoms with E-state index in [1.165, 1.54) is 6.20 Å². The maximum Gasteiger partial charge on any atom is 0.273 e. The number of nitrogens with one attached hydrogen (secondary N) is 1. The molecule has 1 atom stereocenters. The number of benzene rings is 1. The Bertz CT molecular complexity index is 1750. The Morgan fingerprint density at radius 1 is 1.02 bits per heavy atom. The van der Waals surface area contributed by atoms with Crippen LogP contribution in [-0.2, 0) is 0 Å². The Hall–Kier alpha value is -4.90. The second-order valence-electron chi connectivity index (χ2n) is 9.47. The summed E-state index contributed by atoms with van der Waals surface area (Å²) in [6.45, 7) is 2.48. The Kier molecular flexibility index (Phi) is 6.56. The molecule has 40 heavy (non-hydrogen) atoms. The molecule has 200 valence electrons. The highest BCUT2D eigenvalue weighted by molar-refractivity contribution is 6.28. The zero-order valence-corrected chi connectivity index (χ0v) is 22.2. The van der Waals surface area contributed by atoms with Crippen LogP contribution in [0.25, 0.3) is 16.8 Å². The number of nitrogen functional groups attached to an aromatic ring is 1. The van der Waals surface area contributed by atoms with E-state index in [0.717, 1.165) is 24.0 Å². The van der Waals surface area contributed by atoms with Crippen molar-refractivity contribution in [2.75, 3.05) is 17.6 Å². The number of halogens is 1. The third-order valence-corrected chi connectivity index (χ3v) is 7.03. The molecule has 1 aliphatic heterocycles. The summed E-state index contributed by atoms with van der Waals surface area (Å²) in [4.78, 5) is 49.3. The lowest BCUT2D eigenvalue weighted by molar-refractivity contribution is 0.0723. The summed E-state index contributed by atoms with van der Waals surface area (Å²) in [5.41, 5.74) is 10.0. The monoisotopic (exact) mass is 553 g/mol. The molecule has 1 aliphatic rings. The number of anilines is 2. The molecule has 5 heterocycles. The molecule has 0 aliphatic carbocycles. The third-order valence-electron chi connectivity index (χ3n) is 6.84. The molecule has 0 radical (unpaired) electrons. The summed E-state index contributed by atoms with van der Waals surface area (Å²) < 4.78 is 1.88. The number of imidazole rings is 1. The lowest BCUT2D eigenvalue weighted by Crippen LogP contribution is -2.32. The molecule has 4 aromatic heterocycles. The number of amides is 2. The van der Waals surface area contributed by atoms with E-state index in [0.29, 0.717) is 40.8 Å². The van der Waals surface area contributed by atoms with E-state index >= 15 is 0 Å². The second kappa shape index (κ2) is 10.3. The molecule has 1 fully saturated rings. The number of fused-ring (bicyclic) bond motifs is 1. The van der Waals surface area contributed by atoms with Gasteiger partial charge in [-0.05, 0) is 67.3 Å². The molecule has 11 nitrogen and oxygen atoms in total. The third kappa shape index (κ3) is 4.71. The van der Waals surface area contributed by atoms with Crippen molar-refractivity contribution in [2.45, 2.75) is 25.8 Å². The number of carbonyl (C=O) groups is 2. The molecule has 6 rings (SSSR count). The number of rotatable bonds is 5. The van der Waals surface area contributed by atoms with Gasteiger partial charge >= 0.3 is 0 Å². The van der Waals surface area contributed by atoms with Gasteiger partial charge in [0.1, 0.15) is 34.4 Å². The van der Waals surface area contributed by atoms with Gasteiger partial charge in [-0.1, -0.05) is 12.1 Å². The van der Waals surface area contributed by atoms with E-state index in [1.54, 1.807) is 47.8 Å². The maximum absolute atomic E-state index is 13.4. The number of pyridine rings is 1. The summed E-state index contributed by atoms with van der Waals surface area (Å²) in [6, 6.07) is 12.0. The summed E-state index contributed by atoms with van der Waals surface area (Å²) >= 11 is 5.93. The molecule has 1 aromatic carbocycles. The molecule has 2 amide bonds. The van der Waals surface area contributed by atoms with Crippen molar-refractivity contribution in [3.63, 3.8) is 0 Å². The van der Waals surface area contributed by atoms with E-state index in [-0.39, 0.29) is 28.8 Å². The van der Waals surface area contributed by atoms with Gasteiger partial charge in [0.2, 0.25) is 5.28 Å². The van der Waals surface area contributed by atoms with Gasteiger partial charge in [0.15, 0.2) is 0 Å². The lowest BCUT2D eigenvalue weighted by atomic mass is 10.1. The van der Waals surface area contributed by atoms with Gasteiger partial charge in [0.05, 0.1) is 6.04 Å². The summed E-state index contributed by atoms with van der Waals surface area (Å²) in [7, 11) is 0. The van der Waals surface area contributed by atoms with Gasteiger partial charge in [-0.25, -0.2) is 24.9 Å². The minimum atomic E-state index is -0.309. The van der Waals surface area contributed by atoms with Crippen LogP contribution in [-0.4, -0.2) is 52.6 Å². The Labute approximate surface area is 234 Å². The first kappa shape index (κ1) is 25.4. The second-order valence-corrected chi connectivity index (χ2v) is 9.81. The highest BCUT2D eigenvalue weighted by atomic mass is 35.5. The molecular formula is C28H24ClN9O2. The number of likely N-dealkylation sites (tertiary alicyclic amines) is 1. The zero-order chi connectivity index (χ0) is 27.8. The van der Waals surface area contributed by atoms with Gasteiger partial charge in [0, 0.05) is 42.5 Å². The normalized spacial score (nSPS) is 14.9. The average Bonchev–Trinajstić information content (AvgIpc) is 3.58. The van der Waals surface area contributed by atoms with Crippen LogP contribution in [0.5, 0.6) is 0 Å². The molecule has 0 saturated carbocycles. The van der Waals surface area contributed by atoms with Crippen molar-refractivity contribution < 1.29 is 9.59 Å². The number of aryl methyl sites for hydroxylation is 1. The number of hydrogen-bond donors (Lipinski definition) is 2. The highest BCUT2D eigenvalue weighted by Gasteiger charge is 2.35. The van der Waals surface area contributed by atoms with Crippen LogP contribution >= 0.6 is 11.6 Å². The molecule has 1 saturated heterocycles. The first-order chi connectivity index (χ1) is 19.4. The van der Waals surface area contributed by atoms with Crippen molar-refractivity contribution in [2.24, 2.45) is 0 Å². The number of hydrogen-bond acceptors (Lipinski definition) is 8. The Morgan fingerprint density at radius 3 is 2.60 bits per heavy atom. The molecule has 12 heteroatoms. The van der Waals surface area contributed by atoms with Crippen LogP contribution < -0.4 is 11.1 Å². The maximum atomic E-state index is 13.4. The van der Waals surface area contributed by atoms with Gasteiger partial charge in [-0.15, -0.1) is 0 Å². The molecular weight excluding hydrogens is 530 g/mol. The highest BCUT2D eigenvalue weighted by Crippen LogP contribution is 2.37. The summed E-state index contributed by atoms with van der Waals surface area (Å²) in [5, 5.41) is 2.83. The molecule has 5 aromatic rings. The van der Waals surface area contributed by atoms with Gasteiger partial charge in [-0.2, -0.15) is 0 Å². The van der Waals surface area contributed by atoms with Crippen LogP contribution in [0.1, 0.15) is 51.1 Å². The lowest BCUT2D eigenvalue weighted by Gasteiger charge is -2.23. The van der Waals surface area contributed by atoms with E-state index < -0.39 is 0 Å². The average molecular weight is 554 g/mol. The number of nitrogens with zero attached hydrogens (tertiary/aromatic N) is 7. The van der Waals surface area contributed by atoms with Crippen molar-refractivity contribution >= 4 is 40.6 Å². The molecule has 0 unspecified atom stereocenters. The van der Waals surface area contributed by atoms with Crippen LogP contribution in [0.4, 0.5) is 11.6 Å². The first-order valence-electron chi connectivity index (χ1n) is 12.7. The van der Waals surface area contributed by atoms with Crippen molar-refractivity contribution in [3.8, 4) is 11.3 Å². The quantitative estimate of drug-likeness (QED) is 0.305. The van der Waals surface area contributed by atoms with Crippen molar-refractivity contribution in [3.05, 3.63) is 95.2 Å². The van der Waals surface area contributed by atoms with Crippen LogP contribution in [0, 0.1) is 6.92 Å². The standard InChI is InChI=1S/C28H24ClN9O2/c1-16-8-10-31-21(15-16)35-26(39)18-6-4-17(5-7-18)22-23-24(30)32-12-14-38(23)25(36-22)20-3-2-13-37(20)27(40)19-9-11-33-28(29)34-19/h4-12,14-15,20H,2-3,13H2,1H3,(H2,30,32)(H,31,35,39)/t20-/m0/s1. The largest absolute Gasteiger partial charge is 0.382 e. The van der Waals surface area contributed by atoms with Gasteiger partial charge in [0.25, 0.3) is 11.8 Å². The van der Waals surface area contributed by atoms with E-state index in [2.05, 4.69) is 25.3 Å². The fraction of sp³-hybridized carbons (Fsp3) is 0.179. The Balaban J connectivity index is 1.34. The van der Waals surface area contributed by atoms with Crippen LogP contribution in [0.2, 0.25) is 5.28 Å². The molecule has 0 spiro atoms. The van der Waals surface area contributed by atoms with Gasteiger partial charge < -0.3 is 16.0 Å². The zero-order valence-electron chi connectivity index (χ0n) is 21.5. The number of aromatic nitrogens is 6. The SMILES string of the molecule is Cc1ccnc(NC(=O)c2ccc(-c3nc([C@@H]4CCCN4C(=O)c4ccnc(Cl)n4)n4ccnc(N)c34)cc2)c1. The van der Waals surface area contributed by atoms with Crippen LogP contribution in [0.15, 0.2) is 67.3 Å².